The standard InChI is InChI=1S/C30H36F2N5O6P/c31-30(32,44(41,42)43)22-10-11-23-21(16-22)17-25(34-23)27(38)35-24(8-3-4-13-33)28(39)37-14-5-9-26(37)29(40)36-15-12-19-6-1-2-7-20(19)18-36/h1-2,6-7,10-11,16-17,24,26,34H,3-5,8-9,12-15,18,33H2,(H,35,38)(H2,41,42,43)/t24-,26-/m0/s1. The number of amides is 3. The number of nitrogens with zero attached hydrogens (tertiary/aromatic N) is 2. The van der Waals surface area contributed by atoms with Gasteiger partial charge in [0.2, 0.25) is 11.8 Å². The van der Waals surface area contributed by atoms with Gasteiger partial charge >= 0.3 is 13.3 Å². The number of aromatic nitrogens is 1. The van der Waals surface area contributed by atoms with Crippen molar-refractivity contribution in [2.45, 2.75) is 62.8 Å². The number of carbonyl (C=O) groups is 3. The Balaban J connectivity index is 1.32. The molecule has 2 aliphatic rings. The van der Waals surface area contributed by atoms with Gasteiger partial charge in [0, 0.05) is 36.1 Å². The van der Waals surface area contributed by atoms with E-state index in [2.05, 4.69) is 16.4 Å². The average molecular weight is 632 g/mol. The van der Waals surface area contributed by atoms with Gasteiger partial charge in [-0.25, -0.2) is 0 Å². The predicted octanol–water partition coefficient (Wildman–Crippen LogP) is 3.20. The maximum Gasteiger partial charge on any atom is 0.399 e. The van der Waals surface area contributed by atoms with Crippen molar-refractivity contribution in [2.75, 3.05) is 19.6 Å². The van der Waals surface area contributed by atoms with Crippen LogP contribution in [0.5, 0.6) is 0 Å². The number of aromatic amines is 1. The molecule has 0 radical (unpaired) electrons. The van der Waals surface area contributed by atoms with E-state index in [0.29, 0.717) is 57.4 Å². The molecule has 1 aromatic heterocycles. The predicted molar refractivity (Wildman–Crippen MR) is 159 cm³/mol. The topological polar surface area (TPSA) is 169 Å². The molecule has 2 atom stereocenters. The number of halogens is 2. The zero-order valence-electron chi connectivity index (χ0n) is 24.0. The Labute approximate surface area is 252 Å². The molecule has 44 heavy (non-hydrogen) atoms. The average Bonchev–Trinajstić information content (AvgIpc) is 3.66. The van der Waals surface area contributed by atoms with E-state index in [9.17, 15) is 27.7 Å². The first-order chi connectivity index (χ1) is 20.9. The molecular weight excluding hydrogens is 595 g/mol. The number of carbonyl (C=O) groups excluding carboxylic acids is 3. The van der Waals surface area contributed by atoms with Crippen molar-refractivity contribution in [3.8, 4) is 0 Å². The molecule has 3 amide bonds. The Morgan fingerprint density at radius 1 is 1.09 bits per heavy atom. The van der Waals surface area contributed by atoms with E-state index >= 15 is 0 Å². The van der Waals surface area contributed by atoms with Crippen LogP contribution < -0.4 is 11.1 Å². The summed E-state index contributed by atoms with van der Waals surface area (Å²) in [5.74, 6) is -1.15. The third kappa shape index (κ3) is 6.41. The molecule has 0 spiro atoms. The molecule has 6 N–H and O–H groups in total. The summed E-state index contributed by atoms with van der Waals surface area (Å²) in [6, 6.07) is 10.7. The van der Waals surface area contributed by atoms with Crippen LogP contribution in [0.2, 0.25) is 0 Å². The van der Waals surface area contributed by atoms with Crippen LogP contribution >= 0.6 is 7.60 Å². The zero-order valence-corrected chi connectivity index (χ0v) is 24.9. The number of rotatable bonds is 10. The Bertz CT molecular complexity index is 1610. The van der Waals surface area contributed by atoms with E-state index in [4.69, 9.17) is 15.5 Å². The summed E-state index contributed by atoms with van der Waals surface area (Å²) in [6.45, 7) is 1.82. The molecule has 0 saturated carbocycles. The summed E-state index contributed by atoms with van der Waals surface area (Å²) in [5.41, 5.74) is 2.94. The highest BCUT2D eigenvalue weighted by atomic mass is 31.2. The number of unbranched alkanes of at least 4 members (excludes halogenated alkanes) is 1. The van der Waals surface area contributed by atoms with Gasteiger partial charge in [-0.3, -0.25) is 18.9 Å². The Morgan fingerprint density at radius 3 is 2.57 bits per heavy atom. The van der Waals surface area contributed by atoms with E-state index in [-0.39, 0.29) is 29.3 Å². The number of fused-ring (bicyclic) bond motifs is 2. The zero-order chi connectivity index (χ0) is 31.6. The molecule has 236 valence electrons. The normalized spacial score (nSPS) is 17.9. The third-order valence-corrected chi connectivity index (χ3v) is 9.38. The van der Waals surface area contributed by atoms with Gasteiger partial charge in [0.15, 0.2) is 0 Å². The molecule has 14 heteroatoms. The van der Waals surface area contributed by atoms with Gasteiger partial charge in [0.1, 0.15) is 17.8 Å². The quantitative estimate of drug-likeness (QED) is 0.169. The van der Waals surface area contributed by atoms with E-state index in [1.807, 2.05) is 18.2 Å². The summed E-state index contributed by atoms with van der Waals surface area (Å²) in [5, 5.41) is 2.89. The fourth-order valence-electron chi connectivity index (χ4n) is 5.98. The van der Waals surface area contributed by atoms with Crippen LogP contribution in [0.15, 0.2) is 48.5 Å². The summed E-state index contributed by atoms with van der Waals surface area (Å²) in [6.07, 6.45) is 3.38. The van der Waals surface area contributed by atoms with Gasteiger partial charge in [-0.1, -0.05) is 30.3 Å². The number of hydrogen-bond donors (Lipinski definition) is 5. The lowest BCUT2D eigenvalue weighted by molar-refractivity contribution is -0.145. The van der Waals surface area contributed by atoms with Crippen LogP contribution in [-0.2, 0) is 32.8 Å². The molecule has 2 aromatic carbocycles. The van der Waals surface area contributed by atoms with Crippen molar-refractivity contribution >= 4 is 36.2 Å². The van der Waals surface area contributed by atoms with Crippen LogP contribution in [0.1, 0.15) is 59.3 Å². The molecule has 5 rings (SSSR count). The van der Waals surface area contributed by atoms with E-state index in [0.717, 1.165) is 24.1 Å². The van der Waals surface area contributed by atoms with E-state index in [1.54, 1.807) is 9.80 Å². The second-order valence-corrected chi connectivity index (χ2v) is 13.0. The van der Waals surface area contributed by atoms with Crippen LogP contribution in [-0.4, -0.2) is 74.0 Å². The smallest absolute Gasteiger partial charge is 0.351 e. The van der Waals surface area contributed by atoms with Gasteiger partial charge in [-0.05, 0) is 74.4 Å². The van der Waals surface area contributed by atoms with Crippen LogP contribution in [0, 0.1) is 0 Å². The summed E-state index contributed by atoms with van der Waals surface area (Å²) in [4.78, 5) is 65.1. The van der Waals surface area contributed by atoms with Crippen LogP contribution in [0.3, 0.4) is 0 Å². The second kappa shape index (κ2) is 12.8. The van der Waals surface area contributed by atoms with Crippen molar-refractivity contribution in [2.24, 2.45) is 5.73 Å². The molecule has 11 nitrogen and oxygen atoms in total. The van der Waals surface area contributed by atoms with Gasteiger partial charge < -0.3 is 35.6 Å². The fourth-order valence-corrected chi connectivity index (χ4v) is 6.45. The highest BCUT2D eigenvalue weighted by Crippen LogP contribution is 2.59. The van der Waals surface area contributed by atoms with Gasteiger partial charge in [0.25, 0.3) is 5.91 Å². The molecule has 0 unspecified atom stereocenters. The highest BCUT2D eigenvalue weighted by molar-refractivity contribution is 7.52. The lowest BCUT2D eigenvalue weighted by atomic mass is 9.99. The van der Waals surface area contributed by atoms with Gasteiger partial charge in [-0.15, -0.1) is 0 Å². The van der Waals surface area contributed by atoms with Crippen molar-refractivity contribution in [3.63, 3.8) is 0 Å². The van der Waals surface area contributed by atoms with Crippen molar-refractivity contribution in [3.05, 3.63) is 70.9 Å². The number of benzene rings is 2. The maximum absolute atomic E-state index is 14.3. The number of H-pyrrole nitrogens is 1. The molecule has 0 aliphatic carbocycles. The first-order valence-electron chi connectivity index (χ1n) is 14.6. The Morgan fingerprint density at radius 2 is 1.84 bits per heavy atom. The molecular formula is C30H36F2N5O6P. The number of alkyl halides is 2. The van der Waals surface area contributed by atoms with E-state index < -0.39 is 36.8 Å². The lowest BCUT2D eigenvalue weighted by Crippen LogP contribution is -2.54. The minimum Gasteiger partial charge on any atom is -0.351 e. The first kappa shape index (κ1) is 31.8. The maximum atomic E-state index is 14.3. The lowest BCUT2D eigenvalue weighted by Gasteiger charge is -2.35. The number of nitrogens with two attached hydrogens (primary N) is 1. The van der Waals surface area contributed by atoms with Crippen molar-refractivity contribution < 1.29 is 37.5 Å². The first-order valence-corrected chi connectivity index (χ1v) is 16.3. The SMILES string of the molecule is NCCCC[C@H](NC(=O)c1cc2cc(C(F)(F)P(=O)(O)O)ccc2[nH]1)C(=O)N1CCC[C@H]1C(=O)N1CCc2ccccc2C1. The number of nitrogens with one attached hydrogen (secondary N) is 2. The Hall–Kier alpha value is -3.64. The van der Waals surface area contributed by atoms with Crippen molar-refractivity contribution in [1.82, 2.24) is 20.1 Å². The molecule has 0 bridgehead atoms. The Kier molecular flexibility index (Phi) is 9.22. The molecule has 1 saturated heterocycles. The van der Waals surface area contributed by atoms with E-state index in [1.165, 1.54) is 17.7 Å². The largest absolute Gasteiger partial charge is 0.399 e. The number of likely N-dealkylation sites (tertiary alicyclic amines) is 1. The van der Waals surface area contributed by atoms with Gasteiger partial charge in [0.05, 0.1) is 0 Å². The summed E-state index contributed by atoms with van der Waals surface area (Å²) < 4.78 is 39.8. The molecule has 1 fully saturated rings. The van der Waals surface area contributed by atoms with Crippen LogP contribution in [0.4, 0.5) is 8.78 Å². The molecule has 3 aromatic rings. The molecule has 3 heterocycles. The van der Waals surface area contributed by atoms with Crippen LogP contribution in [0.25, 0.3) is 10.9 Å². The summed E-state index contributed by atoms with van der Waals surface area (Å²) >= 11 is 0. The molecule has 2 aliphatic heterocycles. The number of hydrogen-bond acceptors (Lipinski definition) is 5. The second-order valence-electron chi connectivity index (χ2n) is 11.3. The fraction of sp³-hybridized carbons (Fsp3) is 0.433. The minimum atomic E-state index is -5.77. The minimum absolute atomic E-state index is 0.0192. The summed E-state index contributed by atoms with van der Waals surface area (Å²) in [7, 11) is -5.77. The third-order valence-electron chi connectivity index (χ3n) is 8.39. The highest BCUT2D eigenvalue weighted by Gasteiger charge is 2.50. The van der Waals surface area contributed by atoms with Gasteiger partial charge in [-0.2, -0.15) is 8.78 Å². The monoisotopic (exact) mass is 631 g/mol. The van der Waals surface area contributed by atoms with Crippen molar-refractivity contribution in [1.29, 1.82) is 0 Å².